The lowest BCUT2D eigenvalue weighted by Gasteiger charge is -2.16. The Labute approximate surface area is 152 Å². The van der Waals surface area contributed by atoms with E-state index in [1.54, 1.807) is 0 Å². The van der Waals surface area contributed by atoms with Crippen molar-refractivity contribution in [3.8, 4) is 0 Å². The van der Waals surface area contributed by atoms with Gasteiger partial charge in [0, 0.05) is 11.9 Å². The number of aryl methyl sites for hydroxylation is 1. The SMILES string of the molecule is CC(C)CCCc1cnc(BC(c2ccccc2)c2ccccc2)[nH]1. The molecule has 25 heavy (non-hydrogen) atoms. The van der Waals surface area contributed by atoms with E-state index in [1.165, 1.54) is 29.7 Å². The van der Waals surface area contributed by atoms with Gasteiger partial charge in [0.1, 0.15) is 0 Å². The predicted octanol–water partition coefficient (Wildman–Crippen LogP) is 4.24. The van der Waals surface area contributed by atoms with E-state index in [1.807, 2.05) is 6.20 Å². The molecule has 0 aliphatic heterocycles. The molecule has 128 valence electrons. The Hall–Kier alpha value is -2.29. The molecular formula is C22H27BN2. The second-order valence-electron chi connectivity index (χ2n) is 7.22. The molecule has 3 heteroatoms. The van der Waals surface area contributed by atoms with Gasteiger partial charge in [0.2, 0.25) is 7.28 Å². The van der Waals surface area contributed by atoms with Gasteiger partial charge in [-0.1, -0.05) is 80.9 Å². The van der Waals surface area contributed by atoms with Gasteiger partial charge in [0.25, 0.3) is 0 Å². The molecule has 0 bridgehead atoms. The van der Waals surface area contributed by atoms with Gasteiger partial charge in [0.05, 0.1) is 5.72 Å². The van der Waals surface area contributed by atoms with Crippen molar-refractivity contribution >= 4 is 13.0 Å². The molecule has 0 atom stereocenters. The van der Waals surface area contributed by atoms with Crippen LogP contribution in [0.2, 0.25) is 0 Å². The molecule has 1 aromatic heterocycles. The lowest BCUT2D eigenvalue weighted by molar-refractivity contribution is 0.553. The van der Waals surface area contributed by atoms with Crippen molar-refractivity contribution in [2.75, 3.05) is 0 Å². The summed E-state index contributed by atoms with van der Waals surface area (Å²) in [5.74, 6) is 1.10. The number of hydrogen-bond acceptors (Lipinski definition) is 1. The van der Waals surface area contributed by atoms with Crippen molar-refractivity contribution in [3.63, 3.8) is 0 Å². The molecule has 0 aliphatic carbocycles. The van der Waals surface area contributed by atoms with E-state index in [-0.39, 0.29) is 0 Å². The highest BCUT2D eigenvalue weighted by Crippen LogP contribution is 2.23. The van der Waals surface area contributed by atoms with Gasteiger partial charge in [-0.3, -0.25) is 4.98 Å². The van der Waals surface area contributed by atoms with Crippen LogP contribution in [0.5, 0.6) is 0 Å². The molecule has 0 saturated carbocycles. The number of rotatable bonds is 8. The van der Waals surface area contributed by atoms with Gasteiger partial charge in [-0.05, 0) is 35.7 Å². The molecular weight excluding hydrogens is 303 g/mol. The standard InChI is InChI=1S/C22H27BN2/c1-17(2)10-9-15-20-16-24-22(25-20)23-21(18-11-5-3-6-12-18)19-13-7-4-8-14-19/h3-8,11-14,16-17,21,23H,9-10,15H2,1-2H3,(H,24,25). The van der Waals surface area contributed by atoms with E-state index in [2.05, 4.69) is 84.5 Å². The van der Waals surface area contributed by atoms with E-state index in [0.29, 0.717) is 5.82 Å². The largest absolute Gasteiger partial charge is 0.354 e. The number of benzene rings is 2. The van der Waals surface area contributed by atoms with Crippen molar-refractivity contribution in [2.24, 2.45) is 5.92 Å². The molecule has 2 aromatic carbocycles. The van der Waals surface area contributed by atoms with Crippen LogP contribution in [-0.4, -0.2) is 17.2 Å². The first-order chi connectivity index (χ1) is 12.2. The molecule has 0 unspecified atom stereocenters. The van der Waals surface area contributed by atoms with E-state index in [9.17, 15) is 0 Å². The Morgan fingerprint density at radius 3 is 2.08 bits per heavy atom. The van der Waals surface area contributed by atoms with Crippen molar-refractivity contribution in [1.29, 1.82) is 0 Å². The Morgan fingerprint density at radius 2 is 1.52 bits per heavy atom. The van der Waals surface area contributed by atoms with Crippen LogP contribution in [-0.2, 0) is 6.42 Å². The smallest absolute Gasteiger partial charge is 0.216 e. The van der Waals surface area contributed by atoms with E-state index in [0.717, 1.165) is 25.3 Å². The van der Waals surface area contributed by atoms with E-state index >= 15 is 0 Å². The quantitative estimate of drug-likeness (QED) is 0.615. The molecule has 3 rings (SSSR count). The van der Waals surface area contributed by atoms with Crippen LogP contribution in [0, 0.1) is 5.92 Å². The molecule has 2 nitrogen and oxygen atoms in total. The van der Waals surface area contributed by atoms with Crippen LogP contribution in [0.1, 0.15) is 49.3 Å². The monoisotopic (exact) mass is 330 g/mol. The van der Waals surface area contributed by atoms with E-state index in [4.69, 9.17) is 0 Å². The van der Waals surface area contributed by atoms with Crippen molar-refractivity contribution in [3.05, 3.63) is 83.7 Å². The Kier molecular flexibility index (Phi) is 6.11. The molecule has 0 fully saturated rings. The van der Waals surface area contributed by atoms with Crippen molar-refractivity contribution in [1.82, 2.24) is 9.97 Å². The fourth-order valence-electron chi connectivity index (χ4n) is 3.33. The summed E-state index contributed by atoms with van der Waals surface area (Å²) in [6.45, 7) is 4.56. The topological polar surface area (TPSA) is 28.7 Å². The zero-order valence-electron chi connectivity index (χ0n) is 15.3. The average molecular weight is 330 g/mol. The number of aromatic amines is 1. The minimum Gasteiger partial charge on any atom is -0.354 e. The maximum atomic E-state index is 4.65. The zero-order valence-corrected chi connectivity index (χ0v) is 15.3. The summed E-state index contributed by atoms with van der Waals surface area (Å²) < 4.78 is 0. The molecule has 0 amide bonds. The molecule has 0 aliphatic rings. The Balaban J connectivity index is 1.74. The lowest BCUT2D eigenvalue weighted by Crippen LogP contribution is -2.26. The minimum absolute atomic E-state index is 0.331. The van der Waals surface area contributed by atoms with Gasteiger partial charge in [-0.25, -0.2) is 0 Å². The highest BCUT2D eigenvalue weighted by Gasteiger charge is 2.18. The van der Waals surface area contributed by atoms with Crippen LogP contribution in [0.4, 0.5) is 0 Å². The number of H-pyrrole nitrogens is 1. The van der Waals surface area contributed by atoms with Gasteiger partial charge in [-0.2, -0.15) is 0 Å². The summed E-state index contributed by atoms with van der Waals surface area (Å²) in [5.41, 5.74) is 5.02. The normalized spacial score (nSPS) is 11.2. The van der Waals surface area contributed by atoms with Crippen molar-refractivity contribution < 1.29 is 0 Å². The molecule has 3 aromatic rings. The number of nitrogens with one attached hydrogen (secondary N) is 1. The number of aromatic nitrogens is 2. The summed E-state index contributed by atoms with van der Waals surface area (Å²) in [4.78, 5) is 8.19. The second kappa shape index (κ2) is 8.71. The van der Waals surface area contributed by atoms with E-state index < -0.39 is 0 Å². The van der Waals surface area contributed by atoms with Crippen LogP contribution in [0.3, 0.4) is 0 Å². The third-order valence-electron chi connectivity index (χ3n) is 4.71. The number of nitrogens with zero attached hydrogens (tertiary/aromatic N) is 1. The molecule has 0 spiro atoms. The molecule has 0 saturated heterocycles. The first-order valence-electron chi connectivity index (χ1n) is 9.35. The third-order valence-corrected chi connectivity index (χ3v) is 4.71. The third kappa shape index (κ3) is 5.09. The first kappa shape index (κ1) is 17.5. The van der Waals surface area contributed by atoms with Crippen LogP contribution >= 0.6 is 0 Å². The number of hydrogen-bond donors (Lipinski definition) is 1. The van der Waals surface area contributed by atoms with Gasteiger partial charge in [-0.15, -0.1) is 0 Å². The summed E-state index contributed by atoms with van der Waals surface area (Å²) in [6.07, 6.45) is 5.60. The summed E-state index contributed by atoms with van der Waals surface area (Å²) in [6, 6.07) is 21.5. The Morgan fingerprint density at radius 1 is 0.920 bits per heavy atom. The average Bonchev–Trinajstić information content (AvgIpc) is 3.08. The van der Waals surface area contributed by atoms with Crippen molar-refractivity contribution in [2.45, 2.75) is 38.9 Å². The zero-order chi connectivity index (χ0) is 17.5. The maximum Gasteiger partial charge on any atom is 0.216 e. The fraction of sp³-hybridized carbons (Fsp3) is 0.318. The predicted molar refractivity (Wildman–Crippen MR) is 108 cm³/mol. The molecule has 1 heterocycles. The van der Waals surface area contributed by atoms with Gasteiger partial charge >= 0.3 is 0 Å². The highest BCUT2D eigenvalue weighted by atomic mass is 14.9. The fourth-order valence-corrected chi connectivity index (χ4v) is 3.33. The van der Waals surface area contributed by atoms with Gasteiger partial charge < -0.3 is 4.98 Å². The molecule has 0 radical (unpaired) electrons. The summed E-state index contributed by atoms with van der Waals surface area (Å²) in [7, 11) is 0.901. The number of imidazole rings is 1. The van der Waals surface area contributed by atoms with Crippen LogP contribution in [0.25, 0.3) is 0 Å². The summed E-state index contributed by atoms with van der Waals surface area (Å²) in [5, 5.41) is 0. The minimum atomic E-state index is 0.331. The lowest BCUT2D eigenvalue weighted by atomic mass is 9.58. The highest BCUT2D eigenvalue weighted by molar-refractivity contribution is 6.53. The molecule has 1 N–H and O–H groups in total. The summed E-state index contributed by atoms with van der Waals surface area (Å²) >= 11 is 0. The first-order valence-corrected chi connectivity index (χ1v) is 9.35. The van der Waals surface area contributed by atoms with Crippen LogP contribution in [0.15, 0.2) is 66.9 Å². The van der Waals surface area contributed by atoms with Crippen LogP contribution < -0.4 is 5.72 Å². The second-order valence-corrected chi connectivity index (χ2v) is 7.22. The van der Waals surface area contributed by atoms with Gasteiger partial charge in [0.15, 0.2) is 0 Å². The maximum absolute atomic E-state index is 4.65. The Bertz CT molecular complexity index is 710.